The monoisotopic (exact) mass is 344 g/mol. The van der Waals surface area contributed by atoms with Crippen molar-refractivity contribution >= 4 is 11.8 Å². The summed E-state index contributed by atoms with van der Waals surface area (Å²) in [5.41, 5.74) is 0.865. The van der Waals surface area contributed by atoms with Gasteiger partial charge in [0.2, 0.25) is 11.8 Å². The van der Waals surface area contributed by atoms with Crippen LogP contribution in [-0.2, 0) is 16.1 Å². The number of carbonyl (C=O) groups excluding carboxylic acids is 2. The van der Waals surface area contributed by atoms with E-state index in [0.29, 0.717) is 6.54 Å². The molecule has 7 heteroatoms. The van der Waals surface area contributed by atoms with E-state index in [1.807, 2.05) is 35.0 Å². The number of rotatable bonds is 9. The summed E-state index contributed by atoms with van der Waals surface area (Å²) < 4.78 is 7.10. The van der Waals surface area contributed by atoms with Gasteiger partial charge < -0.3 is 19.9 Å². The van der Waals surface area contributed by atoms with Crippen LogP contribution in [0.1, 0.15) is 31.4 Å². The van der Waals surface area contributed by atoms with Gasteiger partial charge in [-0.15, -0.1) is 0 Å². The van der Waals surface area contributed by atoms with Crippen molar-refractivity contribution in [1.82, 2.24) is 20.2 Å². The minimum Gasteiger partial charge on any atom is -0.497 e. The van der Waals surface area contributed by atoms with Crippen molar-refractivity contribution in [3.8, 4) is 5.75 Å². The molecule has 0 fully saturated rings. The average Bonchev–Trinajstić information content (AvgIpc) is 3.11. The van der Waals surface area contributed by atoms with Gasteiger partial charge in [-0.25, -0.2) is 4.98 Å². The Hall–Kier alpha value is -2.83. The summed E-state index contributed by atoms with van der Waals surface area (Å²) in [6.07, 6.45) is 6.37. The van der Waals surface area contributed by atoms with Crippen molar-refractivity contribution in [3.63, 3.8) is 0 Å². The Balaban J connectivity index is 1.84. The van der Waals surface area contributed by atoms with Gasteiger partial charge in [0.05, 0.1) is 25.9 Å². The molecule has 1 aromatic heterocycles. The summed E-state index contributed by atoms with van der Waals surface area (Å²) in [5.74, 6) is 0.461. The van der Waals surface area contributed by atoms with Gasteiger partial charge in [0.1, 0.15) is 5.75 Å². The van der Waals surface area contributed by atoms with E-state index in [9.17, 15) is 9.59 Å². The number of aromatic nitrogens is 2. The van der Waals surface area contributed by atoms with Gasteiger partial charge in [-0.1, -0.05) is 12.1 Å². The molecular weight excluding hydrogens is 320 g/mol. The van der Waals surface area contributed by atoms with E-state index < -0.39 is 0 Å². The molecule has 0 saturated heterocycles. The van der Waals surface area contributed by atoms with Crippen LogP contribution in [-0.4, -0.2) is 35.0 Å². The fraction of sp³-hybridized carbons (Fsp3) is 0.389. The molecule has 0 aliphatic heterocycles. The van der Waals surface area contributed by atoms with Crippen LogP contribution < -0.4 is 15.4 Å². The van der Waals surface area contributed by atoms with Crippen molar-refractivity contribution in [2.24, 2.45) is 0 Å². The summed E-state index contributed by atoms with van der Waals surface area (Å²) in [6, 6.07) is 6.97. The van der Waals surface area contributed by atoms with Gasteiger partial charge in [0.25, 0.3) is 0 Å². The smallest absolute Gasteiger partial charge is 0.222 e. The third kappa shape index (κ3) is 6.29. The van der Waals surface area contributed by atoms with Crippen LogP contribution in [0.2, 0.25) is 0 Å². The van der Waals surface area contributed by atoms with Crippen LogP contribution in [0, 0.1) is 0 Å². The van der Waals surface area contributed by atoms with E-state index in [2.05, 4.69) is 15.6 Å². The van der Waals surface area contributed by atoms with Gasteiger partial charge in [-0.3, -0.25) is 9.59 Å². The quantitative estimate of drug-likeness (QED) is 0.678. The average molecular weight is 344 g/mol. The zero-order chi connectivity index (χ0) is 18.1. The number of nitrogens with one attached hydrogen (secondary N) is 2. The first-order valence-electron chi connectivity index (χ1n) is 8.22. The summed E-state index contributed by atoms with van der Waals surface area (Å²) in [6.45, 7) is 2.82. The van der Waals surface area contributed by atoms with E-state index in [1.165, 1.54) is 6.92 Å². The Morgan fingerprint density at radius 1 is 1.28 bits per heavy atom. The lowest BCUT2D eigenvalue weighted by Gasteiger charge is -2.18. The number of benzene rings is 1. The van der Waals surface area contributed by atoms with E-state index >= 15 is 0 Å². The number of aryl methyl sites for hydroxylation is 1. The second-order valence-electron chi connectivity index (χ2n) is 5.73. The standard InChI is InChI=1S/C18H24N4O3/c1-14(23)21-17(15-4-6-16(25-2)7-5-15)12-18(24)20-8-3-10-22-11-9-19-13-22/h4-7,9,11,13,17H,3,8,10,12H2,1-2H3,(H,20,24)(H,21,23). The normalized spacial score (nSPS) is 11.6. The summed E-state index contributed by atoms with van der Waals surface area (Å²) in [5, 5.41) is 5.72. The fourth-order valence-electron chi connectivity index (χ4n) is 2.50. The zero-order valence-corrected chi connectivity index (χ0v) is 14.6. The van der Waals surface area contributed by atoms with Crippen LogP contribution in [0.4, 0.5) is 0 Å². The number of amides is 2. The lowest BCUT2D eigenvalue weighted by Crippen LogP contribution is -2.33. The molecule has 0 radical (unpaired) electrons. The Morgan fingerprint density at radius 2 is 2.04 bits per heavy atom. The van der Waals surface area contributed by atoms with Gasteiger partial charge in [-0.05, 0) is 24.1 Å². The maximum Gasteiger partial charge on any atom is 0.222 e. The second kappa shape index (κ2) is 9.46. The van der Waals surface area contributed by atoms with Gasteiger partial charge >= 0.3 is 0 Å². The lowest BCUT2D eigenvalue weighted by molar-refractivity contribution is -0.122. The molecule has 1 heterocycles. The van der Waals surface area contributed by atoms with Crippen LogP contribution in [0.5, 0.6) is 5.75 Å². The molecule has 0 aliphatic rings. The molecule has 2 aromatic rings. The predicted octanol–water partition coefficient (Wildman–Crippen LogP) is 1.67. The Morgan fingerprint density at radius 3 is 2.64 bits per heavy atom. The number of nitrogens with zero attached hydrogens (tertiary/aromatic N) is 2. The lowest BCUT2D eigenvalue weighted by atomic mass is 10.0. The molecule has 25 heavy (non-hydrogen) atoms. The molecule has 134 valence electrons. The predicted molar refractivity (Wildman–Crippen MR) is 94.0 cm³/mol. The highest BCUT2D eigenvalue weighted by Gasteiger charge is 2.17. The van der Waals surface area contributed by atoms with Gasteiger partial charge in [0.15, 0.2) is 0 Å². The molecular formula is C18H24N4O3. The van der Waals surface area contributed by atoms with Crippen LogP contribution in [0.15, 0.2) is 43.0 Å². The second-order valence-corrected chi connectivity index (χ2v) is 5.73. The minimum atomic E-state index is -0.364. The highest BCUT2D eigenvalue weighted by atomic mass is 16.5. The van der Waals surface area contributed by atoms with Crippen molar-refractivity contribution in [1.29, 1.82) is 0 Å². The summed E-state index contributed by atoms with van der Waals surface area (Å²) in [7, 11) is 1.59. The number of hydrogen-bond acceptors (Lipinski definition) is 4. The molecule has 2 rings (SSSR count). The Kier molecular flexibility index (Phi) is 7.00. The summed E-state index contributed by atoms with van der Waals surface area (Å²) >= 11 is 0. The van der Waals surface area contributed by atoms with Crippen molar-refractivity contribution in [3.05, 3.63) is 48.5 Å². The molecule has 0 aliphatic carbocycles. The highest BCUT2D eigenvalue weighted by molar-refractivity contribution is 5.79. The first-order valence-corrected chi connectivity index (χ1v) is 8.22. The third-order valence-electron chi connectivity index (χ3n) is 3.76. The number of ether oxygens (including phenoxy) is 1. The van der Waals surface area contributed by atoms with E-state index in [4.69, 9.17) is 4.74 Å². The van der Waals surface area contributed by atoms with Gasteiger partial charge in [-0.2, -0.15) is 0 Å². The number of imidazole rings is 1. The fourth-order valence-corrected chi connectivity index (χ4v) is 2.50. The van der Waals surface area contributed by atoms with Crippen LogP contribution in [0.3, 0.4) is 0 Å². The SMILES string of the molecule is COc1ccc(C(CC(=O)NCCCn2ccnc2)NC(C)=O)cc1. The first-order chi connectivity index (χ1) is 12.1. The number of hydrogen-bond donors (Lipinski definition) is 2. The molecule has 0 saturated carbocycles. The van der Waals surface area contributed by atoms with Crippen LogP contribution >= 0.6 is 0 Å². The number of methoxy groups -OCH3 is 1. The molecule has 1 unspecified atom stereocenters. The van der Waals surface area contributed by atoms with Crippen molar-refractivity contribution in [2.75, 3.05) is 13.7 Å². The molecule has 7 nitrogen and oxygen atoms in total. The highest BCUT2D eigenvalue weighted by Crippen LogP contribution is 2.20. The largest absolute Gasteiger partial charge is 0.497 e. The number of carbonyl (C=O) groups is 2. The maximum absolute atomic E-state index is 12.2. The molecule has 2 amide bonds. The minimum absolute atomic E-state index is 0.0970. The molecule has 1 atom stereocenters. The topological polar surface area (TPSA) is 85.2 Å². The Labute approximate surface area is 147 Å². The van der Waals surface area contributed by atoms with Crippen molar-refractivity contribution in [2.45, 2.75) is 32.4 Å². The molecule has 1 aromatic carbocycles. The van der Waals surface area contributed by atoms with Gasteiger partial charge in [0, 0.05) is 32.4 Å². The van der Waals surface area contributed by atoms with E-state index in [1.54, 1.807) is 19.6 Å². The first kappa shape index (κ1) is 18.5. The van der Waals surface area contributed by atoms with Crippen LogP contribution in [0.25, 0.3) is 0 Å². The zero-order valence-electron chi connectivity index (χ0n) is 14.6. The molecule has 0 bridgehead atoms. The molecule has 0 spiro atoms. The third-order valence-corrected chi connectivity index (χ3v) is 3.76. The van der Waals surface area contributed by atoms with E-state index in [0.717, 1.165) is 24.3 Å². The molecule has 2 N–H and O–H groups in total. The van der Waals surface area contributed by atoms with Crippen molar-refractivity contribution < 1.29 is 14.3 Å². The summed E-state index contributed by atoms with van der Waals surface area (Å²) in [4.78, 5) is 27.6. The maximum atomic E-state index is 12.2. The Bertz CT molecular complexity index is 668. The van der Waals surface area contributed by atoms with E-state index in [-0.39, 0.29) is 24.3 Å².